The Morgan fingerprint density at radius 3 is 2.57 bits per heavy atom. The van der Waals surface area contributed by atoms with E-state index in [1.165, 1.54) is 43.4 Å². The fourth-order valence-electron chi connectivity index (χ4n) is 4.75. The molecule has 0 N–H and O–H groups in total. The zero-order valence-electron chi connectivity index (χ0n) is 14.4. The lowest BCUT2D eigenvalue weighted by Crippen LogP contribution is -2.47. The van der Waals surface area contributed by atoms with Crippen LogP contribution in [-0.4, -0.2) is 42.9 Å². The third-order valence-corrected chi connectivity index (χ3v) is 7.62. The van der Waals surface area contributed by atoms with Gasteiger partial charge in [-0.05, 0) is 75.4 Å². The van der Waals surface area contributed by atoms with E-state index in [1.54, 1.807) is 0 Å². The lowest BCUT2D eigenvalue weighted by molar-refractivity contribution is -0.128. The second-order valence-corrected chi connectivity index (χ2v) is 9.25. The van der Waals surface area contributed by atoms with Crippen molar-refractivity contribution in [3.63, 3.8) is 0 Å². The molecule has 2 saturated carbocycles. The maximum absolute atomic E-state index is 12.5. The van der Waals surface area contributed by atoms with Crippen LogP contribution in [0.4, 0.5) is 0 Å². The molecule has 4 heteroatoms. The van der Waals surface area contributed by atoms with E-state index in [0.29, 0.717) is 5.91 Å². The average molecular weight is 333 g/mol. The lowest BCUT2D eigenvalue weighted by atomic mass is 9.66. The van der Waals surface area contributed by atoms with Crippen molar-refractivity contribution in [1.29, 1.82) is 0 Å². The summed E-state index contributed by atoms with van der Waals surface area (Å²) >= 11 is 1.89. The molecule has 1 aliphatic heterocycles. The van der Waals surface area contributed by atoms with E-state index in [2.05, 4.69) is 41.4 Å². The average Bonchev–Trinajstić information content (AvgIpc) is 3.06. The van der Waals surface area contributed by atoms with E-state index in [4.69, 9.17) is 0 Å². The summed E-state index contributed by atoms with van der Waals surface area (Å²) in [6.07, 6.45) is 8.22. The highest BCUT2D eigenvalue weighted by molar-refractivity contribution is 7.10. The zero-order valence-corrected chi connectivity index (χ0v) is 15.2. The summed E-state index contributed by atoms with van der Waals surface area (Å²) in [5.74, 6) is 1.23. The van der Waals surface area contributed by atoms with Gasteiger partial charge in [-0.25, -0.2) is 0 Å². The number of nitrogens with zero attached hydrogens (tertiary/aromatic N) is 2. The van der Waals surface area contributed by atoms with Crippen LogP contribution in [0.2, 0.25) is 0 Å². The van der Waals surface area contributed by atoms with Crippen molar-refractivity contribution >= 4 is 17.2 Å². The molecule has 0 radical (unpaired) electrons. The van der Waals surface area contributed by atoms with Crippen molar-refractivity contribution in [2.24, 2.45) is 11.3 Å². The number of hydrogen-bond donors (Lipinski definition) is 0. The van der Waals surface area contributed by atoms with Crippen LogP contribution < -0.4 is 0 Å². The lowest BCUT2D eigenvalue weighted by Gasteiger charge is -2.48. The molecule has 4 rings (SSSR count). The number of carbonyl (C=O) groups is 1. The number of thiophene rings is 1. The first-order chi connectivity index (χ1) is 11.0. The van der Waals surface area contributed by atoms with Gasteiger partial charge in [0.05, 0.1) is 5.54 Å². The Labute approximate surface area is 143 Å². The summed E-state index contributed by atoms with van der Waals surface area (Å²) < 4.78 is 0. The molecular weight excluding hydrogens is 304 g/mol. The van der Waals surface area contributed by atoms with Crippen LogP contribution in [0, 0.1) is 11.3 Å². The first-order valence-electron chi connectivity index (χ1n) is 9.02. The summed E-state index contributed by atoms with van der Waals surface area (Å²) in [6.45, 7) is 2.06. The molecule has 1 amide bonds. The molecular formula is C19H28N2OS. The zero-order chi connectivity index (χ0) is 16.1. The van der Waals surface area contributed by atoms with Gasteiger partial charge in [0.15, 0.2) is 0 Å². The van der Waals surface area contributed by atoms with Crippen LogP contribution in [0.1, 0.15) is 49.8 Å². The minimum absolute atomic E-state index is 0.187. The second kappa shape index (κ2) is 5.59. The summed E-state index contributed by atoms with van der Waals surface area (Å²) in [5, 5.41) is 2.20. The first kappa shape index (κ1) is 15.6. The van der Waals surface area contributed by atoms with Gasteiger partial charge in [-0.15, -0.1) is 11.3 Å². The van der Waals surface area contributed by atoms with Crippen molar-refractivity contribution in [2.75, 3.05) is 27.2 Å². The Hall–Kier alpha value is -0.870. The predicted molar refractivity (Wildman–Crippen MR) is 94.5 cm³/mol. The van der Waals surface area contributed by atoms with E-state index >= 15 is 0 Å². The largest absolute Gasteiger partial charge is 0.342 e. The van der Waals surface area contributed by atoms with Gasteiger partial charge in [0.25, 0.3) is 0 Å². The standard InChI is InChI=1S/C19H28N2OS/c1-20(2)19(16-4-3-11-23-16)9-7-18(8-10-19)12-17(22)21(14-18)13-15-5-6-15/h3-4,11,15H,5-10,12-14H2,1-2H3. The highest BCUT2D eigenvalue weighted by Gasteiger charge is 2.50. The van der Waals surface area contributed by atoms with Gasteiger partial charge in [0.1, 0.15) is 0 Å². The highest BCUT2D eigenvalue weighted by atomic mass is 32.1. The van der Waals surface area contributed by atoms with Gasteiger partial charge in [0.2, 0.25) is 5.91 Å². The molecule has 0 atom stereocenters. The number of rotatable bonds is 4. The van der Waals surface area contributed by atoms with Gasteiger partial charge < -0.3 is 4.90 Å². The second-order valence-electron chi connectivity index (χ2n) is 8.30. The summed E-state index contributed by atoms with van der Waals surface area (Å²) in [5.41, 5.74) is 0.453. The Balaban J connectivity index is 1.48. The van der Waals surface area contributed by atoms with Gasteiger partial charge >= 0.3 is 0 Å². The fourth-order valence-corrected chi connectivity index (χ4v) is 5.81. The number of likely N-dealkylation sites (tertiary alicyclic amines) is 1. The van der Waals surface area contributed by atoms with Crippen LogP contribution >= 0.6 is 11.3 Å². The minimum atomic E-state index is 0.187. The molecule has 0 unspecified atom stereocenters. The van der Waals surface area contributed by atoms with Crippen LogP contribution in [0.15, 0.2) is 17.5 Å². The maximum Gasteiger partial charge on any atom is 0.223 e. The highest BCUT2D eigenvalue weighted by Crippen LogP contribution is 2.53. The monoisotopic (exact) mass is 332 g/mol. The van der Waals surface area contributed by atoms with Crippen molar-refractivity contribution < 1.29 is 4.79 Å². The number of amides is 1. The summed E-state index contributed by atoms with van der Waals surface area (Å²) in [4.78, 5) is 18.6. The molecule has 126 valence electrons. The molecule has 3 nitrogen and oxygen atoms in total. The molecule has 0 aromatic carbocycles. The first-order valence-corrected chi connectivity index (χ1v) is 9.90. The molecule has 3 aliphatic rings. The van der Waals surface area contributed by atoms with E-state index in [9.17, 15) is 4.79 Å². The molecule has 23 heavy (non-hydrogen) atoms. The quantitative estimate of drug-likeness (QED) is 0.839. The van der Waals surface area contributed by atoms with E-state index in [0.717, 1.165) is 25.4 Å². The third kappa shape index (κ3) is 2.74. The van der Waals surface area contributed by atoms with Gasteiger partial charge in [-0.3, -0.25) is 9.69 Å². The smallest absolute Gasteiger partial charge is 0.223 e. The van der Waals surface area contributed by atoms with Crippen LogP contribution in [0.3, 0.4) is 0 Å². The maximum atomic E-state index is 12.5. The topological polar surface area (TPSA) is 23.6 Å². The molecule has 1 aromatic heterocycles. The van der Waals surface area contributed by atoms with Crippen molar-refractivity contribution in [3.8, 4) is 0 Å². The van der Waals surface area contributed by atoms with E-state index in [-0.39, 0.29) is 11.0 Å². The Morgan fingerprint density at radius 2 is 2.00 bits per heavy atom. The number of carbonyl (C=O) groups excluding carboxylic acids is 1. The Bertz CT molecular complexity index is 568. The summed E-state index contributed by atoms with van der Waals surface area (Å²) in [6, 6.07) is 4.47. The van der Waals surface area contributed by atoms with Crippen molar-refractivity contribution in [1.82, 2.24) is 9.80 Å². The molecule has 1 aromatic rings. The van der Waals surface area contributed by atoms with Gasteiger partial charge in [-0.2, -0.15) is 0 Å². The molecule has 2 aliphatic carbocycles. The number of hydrogen-bond acceptors (Lipinski definition) is 3. The van der Waals surface area contributed by atoms with Crippen molar-refractivity contribution in [3.05, 3.63) is 22.4 Å². The summed E-state index contributed by atoms with van der Waals surface area (Å²) in [7, 11) is 4.44. The normalized spacial score (nSPS) is 34.7. The van der Waals surface area contributed by atoms with Crippen molar-refractivity contribution in [2.45, 2.75) is 50.5 Å². The fraction of sp³-hybridized carbons (Fsp3) is 0.737. The SMILES string of the molecule is CN(C)C1(c2cccs2)CCC2(CC1)CC(=O)N(CC1CC1)C2. The molecule has 0 bridgehead atoms. The Kier molecular flexibility index (Phi) is 3.80. The predicted octanol–water partition coefficient (Wildman–Crippen LogP) is 3.71. The minimum Gasteiger partial charge on any atom is -0.342 e. The Morgan fingerprint density at radius 1 is 1.26 bits per heavy atom. The molecule has 3 fully saturated rings. The van der Waals surface area contributed by atoms with Crippen LogP contribution in [-0.2, 0) is 10.3 Å². The van der Waals surface area contributed by atoms with Gasteiger partial charge in [0, 0.05) is 24.4 Å². The third-order valence-electron chi connectivity index (χ3n) is 6.55. The van der Waals surface area contributed by atoms with Crippen LogP contribution in [0.25, 0.3) is 0 Å². The van der Waals surface area contributed by atoms with Gasteiger partial charge in [-0.1, -0.05) is 6.07 Å². The molecule has 1 saturated heterocycles. The molecule has 1 spiro atoms. The van der Waals surface area contributed by atoms with E-state index in [1.807, 2.05) is 11.3 Å². The molecule has 2 heterocycles. The van der Waals surface area contributed by atoms with E-state index < -0.39 is 0 Å². The van der Waals surface area contributed by atoms with Crippen LogP contribution in [0.5, 0.6) is 0 Å².